The van der Waals surface area contributed by atoms with Gasteiger partial charge in [-0.05, 0) is 76.2 Å². The van der Waals surface area contributed by atoms with Gasteiger partial charge in [0.2, 0.25) is 15.9 Å². The molecule has 0 spiro atoms. The number of benzene rings is 2. The van der Waals surface area contributed by atoms with Crippen LogP contribution >= 0.6 is 11.3 Å². The highest BCUT2D eigenvalue weighted by Crippen LogP contribution is 2.31. The van der Waals surface area contributed by atoms with E-state index < -0.39 is 21.2 Å². The standard InChI is InChI=1S/C24H29N3O5S2/c1-17(2)34(29,30)26-23(28)18-11-13-27(14-12-18)15-16-31-19-7-9-20(10-8-19)32-24-25-21-5-3-4-6-22(21)33-24/h3-10,17-18H,11-16H2,1-2H3,(H,26,28). The molecular formula is C24H29N3O5S2. The molecule has 1 aromatic heterocycles. The second-order valence-electron chi connectivity index (χ2n) is 8.55. The summed E-state index contributed by atoms with van der Waals surface area (Å²) in [5, 5.41) is -0.0180. The molecule has 2 aromatic carbocycles. The number of para-hydroxylation sites is 1. The third-order valence-electron chi connectivity index (χ3n) is 5.80. The number of nitrogens with one attached hydrogen (secondary N) is 1. The number of sulfonamides is 1. The van der Waals surface area contributed by atoms with Gasteiger partial charge in [-0.15, -0.1) is 0 Å². The van der Waals surface area contributed by atoms with Crippen molar-refractivity contribution < 1.29 is 22.7 Å². The van der Waals surface area contributed by atoms with E-state index in [4.69, 9.17) is 9.47 Å². The maximum absolute atomic E-state index is 12.3. The second-order valence-corrected chi connectivity index (χ2v) is 11.8. The Morgan fingerprint density at radius 2 is 1.79 bits per heavy atom. The van der Waals surface area contributed by atoms with E-state index in [0.717, 1.165) is 35.6 Å². The molecule has 2 heterocycles. The average Bonchev–Trinajstić information content (AvgIpc) is 3.22. The summed E-state index contributed by atoms with van der Waals surface area (Å²) in [6.07, 6.45) is 1.27. The first-order valence-corrected chi connectivity index (χ1v) is 13.7. The van der Waals surface area contributed by atoms with Gasteiger partial charge in [-0.3, -0.25) is 14.4 Å². The van der Waals surface area contributed by atoms with Crippen LogP contribution in [-0.4, -0.2) is 55.7 Å². The lowest BCUT2D eigenvalue weighted by atomic mass is 9.96. The summed E-state index contributed by atoms with van der Waals surface area (Å²) in [5.41, 5.74) is 0.924. The third-order valence-corrected chi connectivity index (χ3v) is 8.44. The van der Waals surface area contributed by atoms with E-state index in [0.29, 0.717) is 30.4 Å². The quantitative estimate of drug-likeness (QED) is 0.471. The molecule has 0 radical (unpaired) electrons. The lowest BCUT2D eigenvalue weighted by Gasteiger charge is -2.31. The van der Waals surface area contributed by atoms with Gasteiger partial charge >= 0.3 is 0 Å². The normalized spacial score (nSPS) is 15.5. The summed E-state index contributed by atoms with van der Waals surface area (Å²) in [7, 11) is -3.58. The van der Waals surface area contributed by atoms with E-state index in [9.17, 15) is 13.2 Å². The van der Waals surface area contributed by atoms with Gasteiger partial charge in [0.1, 0.15) is 18.1 Å². The number of amides is 1. The highest BCUT2D eigenvalue weighted by molar-refractivity contribution is 7.90. The fourth-order valence-corrected chi connectivity index (χ4v) is 5.17. The summed E-state index contributed by atoms with van der Waals surface area (Å²) < 4.78 is 38.8. The monoisotopic (exact) mass is 503 g/mol. The fraction of sp³-hybridized carbons (Fsp3) is 0.417. The number of thiazole rings is 1. The van der Waals surface area contributed by atoms with Crippen molar-refractivity contribution in [2.24, 2.45) is 5.92 Å². The minimum atomic E-state index is -3.58. The Morgan fingerprint density at radius 1 is 1.12 bits per heavy atom. The van der Waals surface area contributed by atoms with Gasteiger partial charge in [0.25, 0.3) is 5.19 Å². The maximum Gasteiger partial charge on any atom is 0.279 e. The summed E-state index contributed by atoms with van der Waals surface area (Å²) in [6.45, 7) is 5.85. The van der Waals surface area contributed by atoms with Crippen LogP contribution in [0.4, 0.5) is 0 Å². The van der Waals surface area contributed by atoms with Gasteiger partial charge in [0.15, 0.2) is 0 Å². The Morgan fingerprint density at radius 3 is 2.47 bits per heavy atom. The predicted molar refractivity (Wildman–Crippen MR) is 133 cm³/mol. The molecular weight excluding hydrogens is 474 g/mol. The van der Waals surface area contributed by atoms with Crippen molar-refractivity contribution in [1.82, 2.24) is 14.6 Å². The molecule has 3 aromatic rings. The Labute approximate surface area is 203 Å². The third kappa shape index (κ3) is 6.25. The van der Waals surface area contributed by atoms with Crippen LogP contribution < -0.4 is 14.2 Å². The molecule has 1 aliphatic rings. The molecule has 1 amide bonds. The van der Waals surface area contributed by atoms with Crippen LogP contribution in [0.25, 0.3) is 10.2 Å². The first kappa shape index (κ1) is 24.4. The Bertz CT molecular complexity index is 1180. The van der Waals surface area contributed by atoms with Crippen molar-refractivity contribution >= 4 is 37.5 Å². The number of hydrogen-bond donors (Lipinski definition) is 1. The summed E-state index contributed by atoms with van der Waals surface area (Å²) in [4.78, 5) is 19.0. The molecule has 4 rings (SSSR count). The second kappa shape index (κ2) is 10.7. The minimum absolute atomic E-state index is 0.270. The van der Waals surface area contributed by atoms with Gasteiger partial charge in [0.05, 0.1) is 15.5 Å². The molecule has 0 bridgehead atoms. The lowest BCUT2D eigenvalue weighted by molar-refractivity contribution is -0.124. The lowest BCUT2D eigenvalue weighted by Crippen LogP contribution is -2.44. The summed E-state index contributed by atoms with van der Waals surface area (Å²) in [6, 6.07) is 15.4. The zero-order valence-electron chi connectivity index (χ0n) is 19.3. The summed E-state index contributed by atoms with van der Waals surface area (Å²) in [5.74, 6) is 0.794. The molecule has 0 unspecified atom stereocenters. The number of piperidine rings is 1. The fourth-order valence-electron chi connectivity index (χ4n) is 3.65. The smallest absolute Gasteiger partial charge is 0.279 e. The first-order valence-electron chi connectivity index (χ1n) is 11.3. The van der Waals surface area contributed by atoms with Crippen LogP contribution in [0.2, 0.25) is 0 Å². The van der Waals surface area contributed by atoms with E-state index in [1.807, 2.05) is 48.5 Å². The molecule has 34 heavy (non-hydrogen) atoms. The van der Waals surface area contributed by atoms with E-state index in [2.05, 4.69) is 14.6 Å². The van der Waals surface area contributed by atoms with Crippen LogP contribution in [0.3, 0.4) is 0 Å². The van der Waals surface area contributed by atoms with Crippen molar-refractivity contribution in [3.8, 4) is 16.7 Å². The number of carbonyl (C=O) groups excluding carboxylic acids is 1. The van der Waals surface area contributed by atoms with E-state index >= 15 is 0 Å². The van der Waals surface area contributed by atoms with Gasteiger partial charge in [0, 0.05) is 12.5 Å². The van der Waals surface area contributed by atoms with Gasteiger partial charge in [-0.1, -0.05) is 23.5 Å². The van der Waals surface area contributed by atoms with Gasteiger partial charge in [-0.2, -0.15) is 0 Å². The largest absolute Gasteiger partial charge is 0.492 e. The van der Waals surface area contributed by atoms with E-state index in [1.54, 1.807) is 13.8 Å². The Hall–Kier alpha value is -2.69. The number of aromatic nitrogens is 1. The van der Waals surface area contributed by atoms with Crippen LogP contribution in [0.1, 0.15) is 26.7 Å². The van der Waals surface area contributed by atoms with Crippen molar-refractivity contribution in [1.29, 1.82) is 0 Å². The molecule has 0 saturated carbocycles. The minimum Gasteiger partial charge on any atom is -0.492 e. The molecule has 8 nitrogen and oxygen atoms in total. The molecule has 1 N–H and O–H groups in total. The topological polar surface area (TPSA) is 97.8 Å². The van der Waals surface area contributed by atoms with Gasteiger partial charge < -0.3 is 9.47 Å². The van der Waals surface area contributed by atoms with Crippen LogP contribution in [0, 0.1) is 5.92 Å². The van der Waals surface area contributed by atoms with Gasteiger partial charge in [-0.25, -0.2) is 13.4 Å². The number of carbonyl (C=O) groups is 1. The highest BCUT2D eigenvalue weighted by atomic mass is 32.2. The van der Waals surface area contributed by atoms with Crippen molar-refractivity contribution in [2.75, 3.05) is 26.2 Å². The molecule has 1 saturated heterocycles. The number of ether oxygens (including phenoxy) is 2. The summed E-state index contributed by atoms with van der Waals surface area (Å²) >= 11 is 1.51. The van der Waals surface area contributed by atoms with E-state index in [-0.39, 0.29) is 5.92 Å². The van der Waals surface area contributed by atoms with Crippen molar-refractivity contribution in [3.05, 3.63) is 48.5 Å². The predicted octanol–water partition coefficient (Wildman–Crippen LogP) is 4.03. The van der Waals surface area contributed by atoms with Crippen molar-refractivity contribution in [3.63, 3.8) is 0 Å². The van der Waals surface area contributed by atoms with Crippen molar-refractivity contribution in [2.45, 2.75) is 31.9 Å². The average molecular weight is 504 g/mol. The number of fused-ring (bicyclic) bond motifs is 1. The molecule has 0 aliphatic carbocycles. The number of hydrogen-bond acceptors (Lipinski definition) is 8. The first-order chi connectivity index (χ1) is 16.3. The Balaban J connectivity index is 1.18. The molecule has 1 aliphatic heterocycles. The zero-order chi connectivity index (χ0) is 24.1. The number of rotatable bonds is 9. The molecule has 1 fully saturated rings. The number of nitrogens with zero attached hydrogens (tertiary/aromatic N) is 2. The number of likely N-dealkylation sites (tertiary alicyclic amines) is 1. The van der Waals surface area contributed by atoms with Crippen LogP contribution in [0.15, 0.2) is 48.5 Å². The zero-order valence-corrected chi connectivity index (χ0v) is 20.9. The van der Waals surface area contributed by atoms with E-state index in [1.165, 1.54) is 11.3 Å². The Kier molecular flexibility index (Phi) is 7.70. The highest BCUT2D eigenvalue weighted by Gasteiger charge is 2.28. The van der Waals surface area contributed by atoms with Crippen LogP contribution in [0.5, 0.6) is 16.7 Å². The molecule has 10 heteroatoms. The molecule has 0 atom stereocenters. The SMILES string of the molecule is CC(C)S(=O)(=O)NC(=O)C1CCN(CCOc2ccc(Oc3nc4ccccc4s3)cc2)CC1. The molecule has 182 valence electrons. The maximum atomic E-state index is 12.3. The van der Waals surface area contributed by atoms with Crippen LogP contribution in [-0.2, 0) is 14.8 Å².